The van der Waals surface area contributed by atoms with E-state index in [1.54, 1.807) is 11.8 Å². The summed E-state index contributed by atoms with van der Waals surface area (Å²) in [6.45, 7) is 7.97. The maximum Gasteiger partial charge on any atom is 0.236 e. The Kier molecular flexibility index (Phi) is 6.03. The summed E-state index contributed by atoms with van der Waals surface area (Å²) in [5.41, 5.74) is 2.54. The normalized spacial score (nSPS) is 22.3. The fourth-order valence-corrected chi connectivity index (χ4v) is 4.18. The molecule has 0 bridgehead atoms. The molecule has 3 rings (SSSR count). The summed E-state index contributed by atoms with van der Waals surface area (Å²) in [7, 11) is 2.08. The molecule has 132 valence electrons. The molecule has 1 aromatic carbocycles. The molecule has 0 N–H and O–H groups in total. The summed E-state index contributed by atoms with van der Waals surface area (Å²) in [5, 5.41) is 0.0972. The van der Waals surface area contributed by atoms with Crippen molar-refractivity contribution in [1.82, 2.24) is 9.80 Å². The molecule has 0 spiro atoms. The van der Waals surface area contributed by atoms with Gasteiger partial charge in [-0.15, -0.1) is 11.8 Å². The summed E-state index contributed by atoms with van der Waals surface area (Å²) in [4.78, 5) is 18.7. The first-order valence-electron chi connectivity index (χ1n) is 8.64. The Balaban J connectivity index is 1.52. The molecule has 0 unspecified atom stereocenters. The Morgan fingerprint density at radius 3 is 2.62 bits per heavy atom. The Labute approximate surface area is 148 Å². The molecule has 2 heterocycles. The van der Waals surface area contributed by atoms with Crippen molar-refractivity contribution in [2.75, 3.05) is 57.2 Å². The Morgan fingerprint density at radius 2 is 1.92 bits per heavy atom. The van der Waals surface area contributed by atoms with Crippen molar-refractivity contribution in [2.45, 2.75) is 18.7 Å². The van der Waals surface area contributed by atoms with Crippen molar-refractivity contribution in [1.29, 1.82) is 0 Å². The number of carbonyl (C=O) groups is 1. The number of thioether (sulfide) groups is 1. The zero-order chi connectivity index (χ0) is 16.9. The minimum absolute atomic E-state index is 0.0972. The first-order valence-corrected chi connectivity index (χ1v) is 9.69. The molecule has 0 aromatic heterocycles. The van der Waals surface area contributed by atoms with Crippen LogP contribution in [-0.4, -0.2) is 73.3 Å². The molecule has 5 nitrogen and oxygen atoms in total. The van der Waals surface area contributed by atoms with E-state index in [0.29, 0.717) is 6.67 Å². The van der Waals surface area contributed by atoms with Crippen LogP contribution in [0, 0.1) is 0 Å². The van der Waals surface area contributed by atoms with E-state index in [1.807, 2.05) is 11.8 Å². The minimum Gasteiger partial charge on any atom is -0.378 e. The van der Waals surface area contributed by atoms with Gasteiger partial charge in [-0.2, -0.15) is 0 Å². The fraction of sp³-hybridized carbons (Fsp3) is 0.611. The molecule has 0 saturated carbocycles. The average Bonchev–Trinajstić information content (AvgIpc) is 2.60. The van der Waals surface area contributed by atoms with E-state index in [-0.39, 0.29) is 11.2 Å². The van der Waals surface area contributed by atoms with Crippen LogP contribution in [0.3, 0.4) is 0 Å². The summed E-state index contributed by atoms with van der Waals surface area (Å²) in [5.74, 6) is 1.30. The largest absolute Gasteiger partial charge is 0.378 e. The van der Waals surface area contributed by atoms with Gasteiger partial charge in [-0.3, -0.25) is 9.69 Å². The highest BCUT2D eigenvalue weighted by Crippen LogP contribution is 2.20. The topological polar surface area (TPSA) is 36.0 Å². The van der Waals surface area contributed by atoms with Crippen LogP contribution in [0.1, 0.15) is 12.5 Å². The number of benzene rings is 1. The Hall–Kier alpha value is -1.24. The van der Waals surface area contributed by atoms with Crippen molar-refractivity contribution in [3.05, 3.63) is 29.8 Å². The van der Waals surface area contributed by atoms with E-state index in [0.717, 1.165) is 45.1 Å². The Morgan fingerprint density at radius 1 is 1.21 bits per heavy atom. The number of ether oxygens (including phenoxy) is 1. The van der Waals surface area contributed by atoms with E-state index in [2.05, 4.69) is 41.1 Å². The van der Waals surface area contributed by atoms with Crippen LogP contribution >= 0.6 is 11.8 Å². The van der Waals surface area contributed by atoms with Gasteiger partial charge in [0.1, 0.15) is 0 Å². The third-order valence-corrected chi connectivity index (χ3v) is 5.69. The highest BCUT2D eigenvalue weighted by molar-refractivity contribution is 8.00. The summed E-state index contributed by atoms with van der Waals surface area (Å²) in [6, 6.07) is 8.77. The van der Waals surface area contributed by atoms with Gasteiger partial charge in [-0.05, 0) is 31.7 Å². The number of nitrogens with zero attached hydrogens (tertiary/aromatic N) is 3. The maximum absolute atomic E-state index is 12.2. The standard InChI is InChI=1S/C18H27N3O2S/c1-15-18(22)21(9-12-24-15)14-19(2)13-16-3-5-17(6-4-16)20-7-10-23-11-8-20/h3-6,15H,7-14H2,1-2H3/t15-/m0/s1. The summed E-state index contributed by atoms with van der Waals surface area (Å²) < 4.78 is 5.40. The monoisotopic (exact) mass is 349 g/mol. The number of hydrogen-bond donors (Lipinski definition) is 0. The van der Waals surface area contributed by atoms with Crippen LogP contribution in [0.2, 0.25) is 0 Å². The minimum atomic E-state index is 0.0972. The molecule has 0 aliphatic carbocycles. The molecule has 2 aliphatic heterocycles. The van der Waals surface area contributed by atoms with Crippen molar-refractivity contribution in [3.63, 3.8) is 0 Å². The second kappa shape index (κ2) is 8.23. The van der Waals surface area contributed by atoms with Crippen LogP contribution in [0.4, 0.5) is 5.69 Å². The molecule has 24 heavy (non-hydrogen) atoms. The molecular formula is C18H27N3O2S. The molecule has 1 aromatic rings. The van der Waals surface area contributed by atoms with Gasteiger partial charge in [0.2, 0.25) is 5.91 Å². The van der Waals surface area contributed by atoms with E-state index in [9.17, 15) is 4.79 Å². The smallest absolute Gasteiger partial charge is 0.236 e. The predicted octanol–water partition coefficient (Wildman–Crippen LogP) is 1.88. The lowest BCUT2D eigenvalue weighted by Crippen LogP contribution is -2.47. The predicted molar refractivity (Wildman–Crippen MR) is 99.4 cm³/mol. The zero-order valence-electron chi connectivity index (χ0n) is 14.6. The molecular weight excluding hydrogens is 322 g/mol. The van der Waals surface area contributed by atoms with E-state index >= 15 is 0 Å². The molecule has 6 heteroatoms. The number of carbonyl (C=O) groups excluding carboxylic acids is 1. The van der Waals surface area contributed by atoms with Crippen LogP contribution in [0.5, 0.6) is 0 Å². The van der Waals surface area contributed by atoms with Crippen molar-refractivity contribution in [2.24, 2.45) is 0 Å². The lowest BCUT2D eigenvalue weighted by molar-refractivity contribution is -0.132. The molecule has 0 radical (unpaired) electrons. The second-order valence-corrected chi connectivity index (χ2v) is 7.98. The third kappa shape index (κ3) is 4.43. The maximum atomic E-state index is 12.2. The first-order chi connectivity index (χ1) is 11.6. The number of morpholine rings is 1. The van der Waals surface area contributed by atoms with Gasteiger partial charge < -0.3 is 14.5 Å². The second-order valence-electron chi connectivity index (χ2n) is 6.54. The lowest BCUT2D eigenvalue weighted by Gasteiger charge is -2.33. The molecule has 2 fully saturated rings. The SMILES string of the molecule is C[C@@H]1SCCN(CN(C)Cc2ccc(N3CCOCC3)cc2)C1=O. The van der Waals surface area contributed by atoms with Crippen molar-refractivity contribution < 1.29 is 9.53 Å². The lowest BCUT2D eigenvalue weighted by atomic mass is 10.2. The van der Waals surface area contributed by atoms with Crippen molar-refractivity contribution >= 4 is 23.4 Å². The van der Waals surface area contributed by atoms with Gasteiger partial charge in [-0.1, -0.05) is 12.1 Å². The quantitative estimate of drug-likeness (QED) is 0.811. The Bertz CT molecular complexity index is 546. The highest BCUT2D eigenvalue weighted by atomic mass is 32.2. The third-order valence-electron chi connectivity index (χ3n) is 4.57. The number of hydrogen-bond acceptors (Lipinski definition) is 5. The van der Waals surface area contributed by atoms with Gasteiger partial charge in [0.05, 0.1) is 25.1 Å². The summed E-state index contributed by atoms with van der Waals surface area (Å²) >= 11 is 1.75. The van der Waals surface area contributed by atoms with Gasteiger partial charge in [0.25, 0.3) is 0 Å². The molecule has 2 saturated heterocycles. The molecule has 1 amide bonds. The average molecular weight is 350 g/mol. The highest BCUT2D eigenvalue weighted by Gasteiger charge is 2.26. The number of anilines is 1. The summed E-state index contributed by atoms with van der Waals surface area (Å²) in [6.07, 6.45) is 0. The van der Waals surface area contributed by atoms with E-state index in [1.165, 1.54) is 11.3 Å². The van der Waals surface area contributed by atoms with E-state index < -0.39 is 0 Å². The number of rotatable bonds is 5. The first kappa shape index (κ1) is 17.6. The molecule has 2 aliphatic rings. The van der Waals surface area contributed by atoms with Crippen molar-refractivity contribution in [3.8, 4) is 0 Å². The van der Waals surface area contributed by atoms with Crippen LogP contribution in [0.25, 0.3) is 0 Å². The zero-order valence-corrected chi connectivity index (χ0v) is 15.4. The van der Waals surface area contributed by atoms with E-state index in [4.69, 9.17) is 4.74 Å². The van der Waals surface area contributed by atoms with Gasteiger partial charge in [-0.25, -0.2) is 0 Å². The van der Waals surface area contributed by atoms with Crippen LogP contribution in [0.15, 0.2) is 24.3 Å². The number of amides is 1. The molecule has 1 atom stereocenters. The van der Waals surface area contributed by atoms with Gasteiger partial charge in [0, 0.05) is 37.6 Å². The fourth-order valence-electron chi connectivity index (χ4n) is 3.21. The van der Waals surface area contributed by atoms with Crippen LogP contribution in [-0.2, 0) is 16.1 Å². The van der Waals surface area contributed by atoms with Gasteiger partial charge >= 0.3 is 0 Å². The van der Waals surface area contributed by atoms with Crippen LogP contribution < -0.4 is 4.90 Å². The van der Waals surface area contributed by atoms with Gasteiger partial charge in [0.15, 0.2) is 0 Å².